The third-order valence-electron chi connectivity index (χ3n) is 2.84. The molecule has 0 radical (unpaired) electrons. The molecule has 0 spiro atoms. The fourth-order valence-electron chi connectivity index (χ4n) is 2.05. The monoisotopic (exact) mass is 270 g/mol. The average molecular weight is 270 g/mol. The second kappa shape index (κ2) is 4.60. The first-order chi connectivity index (χ1) is 8.82. The standard InChI is InChI=1S/C13H13F3N2O/c1-8(2)18-11(7-17-12(18)19)9-5-3-4-6-10(9)13(14,15)16/h3-8H,1-2H3,(H,17,19). The molecule has 0 saturated heterocycles. The van der Waals surface area contributed by atoms with Crippen molar-refractivity contribution in [2.45, 2.75) is 26.1 Å². The molecule has 1 aromatic heterocycles. The van der Waals surface area contributed by atoms with Gasteiger partial charge in [0.15, 0.2) is 0 Å². The van der Waals surface area contributed by atoms with Crippen LogP contribution in [-0.2, 0) is 6.18 Å². The maximum Gasteiger partial charge on any atom is 0.417 e. The maximum absolute atomic E-state index is 13.0. The lowest BCUT2D eigenvalue weighted by atomic mass is 10.0. The predicted molar refractivity (Wildman–Crippen MR) is 65.9 cm³/mol. The van der Waals surface area contributed by atoms with E-state index in [0.717, 1.165) is 6.07 Å². The number of aromatic amines is 1. The van der Waals surface area contributed by atoms with Gasteiger partial charge in [-0.25, -0.2) is 4.79 Å². The summed E-state index contributed by atoms with van der Waals surface area (Å²) >= 11 is 0. The van der Waals surface area contributed by atoms with Gasteiger partial charge in [0.1, 0.15) is 0 Å². The summed E-state index contributed by atoms with van der Waals surface area (Å²) in [5, 5.41) is 0. The van der Waals surface area contributed by atoms with Gasteiger partial charge in [-0.05, 0) is 19.9 Å². The van der Waals surface area contributed by atoms with Crippen molar-refractivity contribution in [1.82, 2.24) is 9.55 Å². The first-order valence-electron chi connectivity index (χ1n) is 5.79. The van der Waals surface area contributed by atoms with Gasteiger partial charge in [-0.2, -0.15) is 13.2 Å². The van der Waals surface area contributed by atoms with E-state index in [2.05, 4.69) is 4.98 Å². The summed E-state index contributed by atoms with van der Waals surface area (Å²) in [5.41, 5.74) is -0.916. The first kappa shape index (κ1) is 13.5. The molecule has 0 fully saturated rings. The predicted octanol–water partition coefficient (Wildman–Crippen LogP) is 3.44. The molecule has 1 N–H and O–H groups in total. The van der Waals surface area contributed by atoms with Gasteiger partial charge in [-0.1, -0.05) is 18.2 Å². The molecular formula is C13H13F3N2O. The van der Waals surface area contributed by atoms with E-state index in [1.165, 1.54) is 29.0 Å². The molecule has 0 aliphatic carbocycles. The minimum atomic E-state index is -4.45. The molecule has 2 rings (SSSR count). The highest BCUT2D eigenvalue weighted by Crippen LogP contribution is 2.36. The number of benzene rings is 1. The van der Waals surface area contributed by atoms with E-state index < -0.39 is 17.4 Å². The zero-order chi connectivity index (χ0) is 14.2. The van der Waals surface area contributed by atoms with Crippen LogP contribution in [0.15, 0.2) is 35.3 Å². The van der Waals surface area contributed by atoms with Crippen LogP contribution in [0.2, 0.25) is 0 Å². The summed E-state index contributed by atoms with van der Waals surface area (Å²) in [6.45, 7) is 3.49. The van der Waals surface area contributed by atoms with Crippen LogP contribution in [0.3, 0.4) is 0 Å². The van der Waals surface area contributed by atoms with Gasteiger partial charge in [0, 0.05) is 17.8 Å². The van der Waals surface area contributed by atoms with Gasteiger partial charge >= 0.3 is 11.9 Å². The van der Waals surface area contributed by atoms with Crippen LogP contribution in [0.25, 0.3) is 11.3 Å². The number of H-pyrrole nitrogens is 1. The molecule has 1 heterocycles. The van der Waals surface area contributed by atoms with E-state index in [0.29, 0.717) is 0 Å². The van der Waals surface area contributed by atoms with Gasteiger partial charge in [-0.15, -0.1) is 0 Å². The number of nitrogens with zero attached hydrogens (tertiary/aromatic N) is 1. The Labute approximate surface area is 107 Å². The van der Waals surface area contributed by atoms with E-state index >= 15 is 0 Å². The van der Waals surface area contributed by atoms with Crippen molar-refractivity contribution in [3.05, 3.63) is 46.5 Å². The molecule has 0 saturated carbocycles. The highest BCUT2D eigenvalue weighted by atomic mass is 19.4. The lowest BCUT2D eigenvalue weighted by molar-refractivity contribution is -0.137. The second-order valence-electron chi connectivity index (χ2n) is 4.49. The van der Waals surface area contributed by atoms with Crippen LogP contribution < -0.4 is 5.69 Å². The van der Waals surface area contributed by atoms with Gasteiger partial charge in [0.05, 0.1) is 11.3 Å². The molecule has 0 amide bonds. The molecule has 0 atom stereocenters. The van der Waals surface area contributed by atoms with Crippen LogP contribution in [0.1, 0.15) is 25.5 Å². The number of rotatable bonds is 2. The highest BCUT2D eigenvalue weighted by molar-refractivity contribution is 5.64. The van der Waals surface area contributed by atoms with E-state index in [1.54, 1.807) is 13.8 Å². The van der Waals surface area contributed by atoms with Gasteiger partial charge in [0.25, 0.3) is 0 Å². The largest absolute Gasteiger partial charge is 0.417 e. The van der Waals surface area contributed by atoms with Gasteiger partial charge in [-0.3, -0.25) is 4.57 Å². The minimum Gasteiger partial charge on any atom is -0.312 e. The summed E-state index contributed by atoms with van der Waals surface area (Å²) in [6, 6.07) is 5.00. The van der Waals surface area contributed by atoms with Crippen LogP contribution in [-0.4, -0.2) is 9.55 Å². The third kappa shape index (κ3) is 2.43. The molecule has 1 aromatic carbocycles. The molecule has 0 bridgehead atoms. The number of halogens is 3. The number of alkyl halides is 3. The summed E-state index contributed by atoms with van der Waals surface area (Å²) in [4.78, 5) is 14.1. The minimum absolute atomic E-state index is 0.00190. The van der Waals surface area contributed by atoms with Crippen molar-refractivity contribution in [2.75, 3.05) is 0 Å². The fraction of sp³-hybridized carbons (Fsp3) is 0.308. The van der Waals surface area contributed by atoms with Crippen LogP contribution in [0, 0.1) is 0 Å². The SMILES string of the molecule is CC(C)n1c(-c2ccccc2C(F)(F)F)c[nH]c1=O. The second-order valence-corrected chi connectivity index (χ2v) is 4.49. The van der Waals surface area contributed by atoms with Crippen molar-refractivity contribution < 1.29 is 13.2 Å². The lowest BCUT2D eigenvalue weighted by Crippen LogP contribution is -2.20. The zero-order valence-corrected chi connectivity index (χ0v) is 10.5. The summed E-state index contributed by atoms with van der Waals surface area (Å²) in [6.07, 6.45) is -3.14. The van der Waals surface area contributed by atoms with E-state index in [1.807, 2.05) is 0 Å². The quantitative estimate of drug-likeness (QED) is 0.891. The Morgan fingerprint density at radius 1 is 1.21 bits per heavy atom. The third-order valence-corrected chi connectivity index (χ3v) is 2.84. The van der Waals surface area contributed by atoms with Crippen molar-refractivity contribution in [1.29, 1.82) is 0 Å². The van der Waals surface area contributed by atoms with E-state index in [9.17, 15) is 18.0 Å². The Balaban J connectivity index is 2.71. The van der Waals surface area contributed by atoms with Crippen molar-refractivity contribution in [3.63, 3.8) is 0 Å². The molecule has 0 aliphatic heterocycles. The smallest absolute Gasteiger partial charge is 0.312 e. The lowest BCUT2D eigenvalue weighted by Gasteiger charge is -2.15. The summed E-state index contributed by atoms with van der Waals surface area (Å²) in [7, 11) is 0. The molecule has 0 unspecified atom stereocenters. The Bertz CT molecular complexity index is 638. The molecule has 6 heteroatoms. The molecule has 2 aromatic rings. The van der Waals surface area contributed by atoms with Gasteiger partial charge < -0.3 is 4.98 Å². The van der Waals surface area contributed by atoms with Crippen molar-refractivity contribution >= 4 is 0 Å². The number of aromatic nitrogens is 2. The van der Waals surface area contributed by atoms with E-state index in [4.69, 9.17) is 0 Å². The summed E-state index contributed by atoms with van der Waals surface area (Å²) in [5.74, 6) is 0. The zero-order valence-electron chi connectivity index (χ0n) is 10.5. The average Bonchev–Trinajstić information content (AvgIpc) is 2.70. The topological polar surface area (TPSA) is 37.8 Å². The number of hydrogen-bond acceptors (Lipinski definition) is 1. The fourth-order valence-corrected chi connectivity index (χ4v) is 2.05. The van der Waals surface area contributed by atoms with Gasteiger partial charge in [0.2, 0.25) is 0 Å². The molecule has 102 valence electrons. The Kier molecular flexibility index (Phi) is 3.26. The number of nitrogens with one attached hydrogen (secondary N) is 1. The maximum atomic E-state index is 13.0. The summed E-state index contributed by atoms with van der Waals surface area (Å²) < 4.78 is 40.2. The van der Waals surface area contributed by atoms with Crippen LogP contribution in [0.4, 0.5) is 13.2 Å². The number of imidazole rings is 1. The first-order valence-corrected chi connectivity index (χ1v) is 5.79. The Morgan fingerprint density at radius 3 is 2.42 bits per heavy atom. The van der Waals surface area contributed by atoms with Crippen LogP contribution >= 0.6 is 0 Å². The highest BCUT2D eigenvalue weighted by Gasteiger charge is 2.34. The Morgan fingerprint density at radius 2 is 1.84 bits per heavy atom. The normalized spacial score (nSPS) is 12.1. The van der Waals surface area contributed by atoms with Crippen LogP contribution in [0.5, 0.6) is 0 Å². The molecule has 0 aliphatic rings. The van der Waals surface area contributed by atoms with E-state index in [-0.39, 0.29) is 17.3 Å². The van der Waals surface area contributed by atoms with Crippen molar-refractivity contribution in [2.24, 2.45) is 0 Å². The molecular weight excluding hydrogens is 257 g/mol. The molecule has 19 heavy (non-hydrogen) atoms. The van der Waals surface area contributed by atoms with Crippen molar-refractivity contribution in [3.8, 4) is 11.3 Å². The number of hydrogen-bond donors (Lipinski definition) is 1. The molecule has 3 nitrogen and oxygen atoms in total. The Hall–Kier alpha value is -1.98.